The minimum absolute atomic E-state index is 0.103. The van der Waals surface area contributed by atoms with Crippen LogP contribution in [0.15, 0.2) is 35.1 Å². The summed E-state index contributed by atoms with van der Waals surface area (Å²) in [7, 11) is 0. The van der Waals surface area contributed by atoms with E-state index in [-0.39, 0.29) is 5.56 Å². The van der Waals surface area contributed by atoms with Crippen LogP contribution in [-0.4, -0.2) is 19.6 Å². The number of nitrogens with zero attached hydrogens (tertiary/aromatic N) is 3. The largest absolute Gasteiger partial charge is 0.303 e. The average molecular weight is 336 g/mol. The number of aryl methyl sites for hydroxylation is 1. The molecule has 2 heterocycles. The van der Waals surface area contributed by atoms with Gasteiger partial charge >= 0.3 is 0 Å². The van der Waals surface area contributed by atoms with Crippen LogP contribution in [0.25, 0.3) is 16.9 Å². The number of hydrogen-bond acceptors (Lipinski definition) is 3. The molecule has 3 aromatic rings. The number of nitrogens with one attached hydrogen (secondary N) is 1. The Labute approximate surface area is 147 Å². The number of fused-ring (bicyclic) bond motifs is 1. The van der Waals surface area contributed by atoms with Crippen molar-refractivity contribution < 1.29 is 0 Å². The zero-order valence-electron chi connectivity index (χ0n) is 14.8. The second kappa shape index (κ2) is 6.47. The lowest BCUT2D eigenvalue weighted by Crippen LogP contribution is -2.18. The molecular weight excluding hydrogens is 312 g/mol. The summed E-state index contributed by atoms with van der Waals surface area (Å²) in [6, 6.07) is 9.79. The quantitative estimate of drug-likeness (QED) is 0.788. The van der Waals surface area contributed by atoms with E-state index in [0.29, 0.717) is 17.3 Å². The summed E-state index contributed by atoms with van der Waals surface area (Å²) < 4.78 is 1.82. The fourth-order valence-electron chi connectivity index (χ4n) is 3.85. The van der Waals surface area contributed by atoms with Gasteiger partial charge in [0.25, 0.3) is 5.56 Å². The number of benzene rings is 1. The summed E-state index contributed by atoms with van der Waals surface area (Å²) in [4.78, 5) is 20.5. The van der Waals surface area contributed by atoms with Gasteiger partial charge in [0.1, 0.15) is 5.82 Å². The summed E-state index contributed by atoms with van der Waals surface area (Å²) in [5.74, 6) is 2.73. The van der Waals surface area contributed by atoms with Crippen LogP contribution in [0.2, 0.25) is 0 Å². The highest BCUT2D eigenvalue weighted by atomic mass is 16.1. The average Bonchev–Trinajstić information content (AvgIpc) is 3.02. The number of rotatable bonds is 3. The Morgan fingerprint density at radius 2 is 1.88 bits per heavy atom. The van der Waals surface area contributed by atoms with Crippen molar-refractivity contribution >= 4 is 5.52 Å². The van der Waals surface area contributed by atoms with Crippen LogP contribution < -0.4 is 5.56 Å². The Kier molecular flexibility index (Phi) is 4.15. The van der Waals surface area contributed by atoms with Gasteiger partial charge in [0.2, 0.25) is 0 Å². The molecule has 1 aliphatic rings. The molecule has 1 aromatic carbocycles. The Morgan fingerprint density at radius 1 is 1.16 bits per heavy atom. The lowest BCUT2D eigenvalue weighted by Gasteiger charge is -2.24. The lowest BCUT2D eigenvalue weighted by atomic mass is 9.83. The summed E-state index contributed by atoms with van der Waals surface area (Å²) in [6.07, 6.45) is 5.42. The van der Waals surface area contributed by atoms with E-state index in [9.17, 15) is 4.79 Å². The fourth-order valence-corrected chi connectivity index (χ4v) is 3.85. The topological polar surface area (TPSA) is 63.1 Å². The van der Waals surface area contributed by atoms with E-state index in [1.54, 1.807) is 0 Å². The molecule has 0 aliphatic heterocycles. The first kappa shape index (κ1) is 16.1. The van der Waals surface area contributed by atoms with Gasteiger partial charge in [-0.3, -0.25) is 4.79 Å². The first-order valence-electron chi connectivity index (χ1n) is 9.24. The van der Waals surface area contributed by atoms with Crippen molar-refractivity contribution in [2.45, 2.75) is 51.9 Å². The zero-order chi connectivity index (χ0) is 17.4. The highest BCUT2D eigenvalue weighted by Crippen LogP contribution is 2.35. The number of imidazole rings is 1. The van der Waals surface area contributed by atoms with E-state index in [0.717, 1.165) is 42.3 Å². The molecule has 1 fully saturated rings. The van der Waals surface area contributed by atoms with E-state index in [2.05, 4.69) is 11.9 Å². The van der Waals surface area contributed by atoms with Crippen molar-refractivity contribution in [1.29, 1.82) is 0 Å². The van der Waals surface area contributed by atoms with Gasteiger partial charge < -0.3 is 4.98 Å². The lowest BCUT2D eigenvalue weighted by molar-refractivity contribution is 0.337. The van der Waals surface area contributed by atoms with Crippen LogP contribution in [0.5, 0.6) is 0 Å². The molecule has 0 bridgehead atoms. The minimum Gasteiger partial charge on any atom is -0.303 e. The molecular formula is C20H24N4O. The van der Waals surface area contributed by atoms with Crippen molar-refractivity contribution in [1.82, 2.24) is 19.6 Å². The van der Waals surface area contributed by atoms with Crippen LogP contribution in [0.4, 0.5) is 0 Å². The SMILES string of the molecule is CCc1nc(C2CCC(C)CC2)n2nc(-c3ccccc3)[nH]c(=O)c12. The smallest absolute Gasteiger partial charge is 0.277 e. The normalized spacial score (nSPS) is 20.9. The Morgan fingerprint density at radius 3 is 2.56 bits per heavy atom. The van der Waals surface area contributed by atoms with Gasteiger partial charge in [-0.05, 0) is 25.2 Å². The highest BCUT2D eigenvalue weighted by Gasteiger charge is 2.26. The summed E-state index contributed by atoms with van der Waals surface area (Å²) >= 11 is 0. The summed E-state index contributed by atoms with van der Waals surface area (Å²) in [6.45, 7) is 4.35. The Balaban J connectivity index is 1.88. The Bertz CT molecular complexity index is 933. The van der Waals surface area contributed by atoms with Gasteiger partial charge in [0.05, 0.1) is 5.69 Å². The predicted molar refractivity (Wildman–Crippen MR) is 98.8 cm³/mol. The molecule has 130 valence electrons. The molecule has 5 nitrogen and oxygen atoms in total. The Hall–Kier alpha value is -2.43. The highest BCUT2D eigenvalue weighted by molar-refractivity contribution is 5.58. The van der Waals surface area contributed by atoms with E-state index >= 15 is 0 Å². The van der Waals surface area contributed by atoms with Crippen molar-refractivity contribution in [3.8, 4) is 11.4 Å². The van der Waals surface area contributed by atoms with Crippen LogP contribution in [-0.2, 0) is 6.42 Å². The molecule has 0 saturated heterocycles. The molecule has 5 heteroatoms. The number of hydrogen-bond donors (Lipinski definition) is 1. The fraction of sp³-hybridized carbons (Fsp3) is 0.450. The van der Waals surface area contributed by atoms with Gasteiger partial charge in [-0.25, -0.2) is 9.50 Å². The second-order valence-electron chi connectivity index (χ2n) is 7.16. The molecule has 0 unspecified atom stereocenters. The molecule has 0 atom stereocenters. The minimum atomic E-state index is -0.103. The first-order chi connectivity index (χ1) is 12.2. The van der Waals surface area contributed by atoms with Crippen LogP contribution >= 0.6 is 0 Å². The first-order valence-corrected chi connectivity index (χ1v) is 9.24. The molecule has 25 heavy (non-hydrogen) atoms. The molecule has 0 amide bonds. The molecule has 1 saturated carbocycles. The standard InChI is InChI=1S/C20H24N4O/c1-3-16-17-20(25)22-18(14-7-5-4-6-8-14)23-24(17)19(21-16)15-11-9-13(2)10-12-15/h4-8,13,15H,3,9-12H2,1-2H3,(H,22,23,25). The third kappa shape index (κ3) is 2.88. The van der Waals surface area contributed by atoms with Gasteiger partial charge in [-0.1, -0.05) is 57.0 Å². The van der Waals surface area contributed by atoms with E-state index < -0.39 is 0 Å². The van der Waals surface area contributed by atoms with Crippen LogP contribution in [0.3, 0.4) is 0 Å². The van der Waals surface area contributed by atoms with Gasteiger partial charge in [0, 0.05) is 11.5 Å². The van der Waals surface area contributed by atoms with Crippen LogP contribution in [0.1, 0.15) is 57.0 Å². The molecule has 1 N–H and O–H groups in total. The maximum Gasteiger partial charge on any atom is 0.277 e. The summed E-state index contributed by atoms with van der Waals surface area (Å²) in [5, 5.41) is 4.77. The van der Waals surface area contributed by atoms with Gasteiger partial charge in [-0.2, -0.15) is 0 Å². The maximum atomic E-state index is 12.7. The van der Waals surface area contributed by atoms with E-state index in [1.807, 2.05) is 41.8 Å². The number of aromatic nitrogens is 4. The summed E-state index contributed by atoms with van der Waals surface area (Å²) in [5.41, 5.74) is 2.27. The predicted octanol–water partition coefficient (Wildman–Crippen LogP) is 3.94. The third-order valence-electron chi connectivity index (χ3n) is 5.36. The molecule has 2 aromatic heterocycles. The van der Waals surface area contributed by atoms with E-state index in [4.69, 9.17) is 10.1 Å². The maximum absolute atomic E-state index is 12.7. The number of H-pyrrole nitrogens is 1. The van der Waals surface area contributed by atoms with Gasteiger partial charge in [0.15, 0.2) is 11.3 Å². The number of aromatic amines is 1. The monoisotopic (exact) mass is 336 g/mol. The third-order valence-corrected chi connectivity index (χ3v) is 5.36. The second-order valence-corrected chi connectivity index (χ2v) is 7.16. The van der Waals surface area contributed by atoms with Gasteiger partial charge in [-0.15, -0.1) is 5.10 Å². The molecule has 0 radical (unpaired) electrons. The van der Waals surface area contributed by atoms with E-state index in [1.165, 1.54) is 12.8 Å². The molecule has 0 spiro atoms. The van der Waals surface area contributed by atoms with Crippen molar-refractivity contribution in [2.24, 2.45) is 5.92 Å². The van der Waals surface area contributed by atoms with Crippen molar-refractivity contribution in [3.05, 3.63) is 52.2 Å². The molecule has 4 rings (SSSR count). The zero-order valence-corrected chi connectivity index (χ0v) is 14.8. The van der Waals surface area contributed by atoms with Crippen molar-refractivity contribution in [3.63, 3.8) is 0 Å². The van der Waals surface area contributed by atoms with Crippen LogP contribution in [0, 0.1) is 5.92 Å². The van der Waals surface area contributed by atoms with Crippen molar-refractivity contribution in [2.75, 3.05) is 0 Å². The molecule has 1 aliphatic carbocycles.